The molecule has 3 aromatic carbocycles. The number of aryl methyl sites for hydroxylation is 1. The number of aromatic carboxylic acids is 1. The van der Waals surface area contributed by atoms with Crippen LogP contribution in [0, 0.1) is 12.8 Å². The number of oxime groups is 1. The molecule has 0 bridgehead atoms. The second kappa shape index (κ2) is 10.6. The Bertz CT molecular complexity index is 1230. The molecule has 1 aliphatic rings. The van der Waals surface area contributed by atoms with E-state index in [0.717, 1.165) is 16.7 Å². The van der Waals surface area contributed by atoms with Crippen molar-refractivity contribution in [2.45, 2.75) is 32.1 Å². The van der Waals surface area contributed by atoms with Crippen molar-refractivity contribution in [1.29, 1.82) is 0 Å². The predicted molar refractivity (Wildman–Crippen MR) is 136 cm³/mol. The van der Waals surface area contributed by atoms with Gasteiger partial charge in [0, 0.05) is 38.3 Å². The molecule has 1 fully saturated rings. The topological polar surface area (TPSA) is 90.2 Å². The number of hydrogen-bond donors (Lipinski definition) is 2. The number of carbonyl (C=O) groups excluding carboxylic acids is 1. The largest absolute Gasteiger partial charge is 0.478 e. The highest BCUT2D eigenvalue weighted by molar-refractivity contribution is 5.90. The molecular formula is C29H30N2O4. The van der Waals surface area contributed by atoms with Gasteiger partial charge >= 0.3 is 5.97 Å². The number of likely N-dealkylation sites (tertiary alicyclic amines) is 1. The predicted octanol–water partition coefficient (Wildman–Crippen LogP) is 5.58. The standard InChI is InChI=1S/C29H30N2O4/c1-19-5-3-4-6-25(19)26(17-27(30-35)24-15-16-28(32)31(2)18-24)22-11-7-20(8-12-22)21-9-13-23(14-10-21)29(33)34/h3-14,24,26,35H,15-18H2,1-2H3,(H,33,34)/t24?,26-/m1/s1. The molecule has 3 aromatic rings. The summed E-state index contributed by atoms with van der Waals surface area (Å²) in [7, 11) is 1.80. The van der Waals surface area contributed by atoms with Gasteiger partial charge in [-0.05, 0) is 53.3 Å². The minimum Gasteiger partial charge on any atom is -0.478 e. The SMILES string of the molecule is Cc1ccccc1[C@H](CC(=NO)C1CCC(=O)N(C)C1)c1ccc(-c2ccc(C(=O)O)cc2)cc1. The van der Waals surface area contributed by atoms with Gasteiger partial charge in [-0.15, -0.1) is 0 Å². The van der Waals surface area contributed by atoms with Crippen molar-refractivity contribution < 1.29 is 19.9 Å². The summed E-state index contributed by atoms with van der Waals surface area (Å²) in [5.74, 6) is -0.793. The number of benzene rings is 3. The van der Waals surface area contributed by atoms with Crippen LogP contribution in [0.3, 0.4) is 0 Å². The van der Waals surface area contributed by atoms with Crippen LogP contribution in [0.5, 0.6) is 0 Å². The Hall–Kier alpha value is -3.93. The van der Waals surface area contributed by atoms with Gasteiger partial charge in [0.25, 0.3) is 0 Å². The van der Waals surface area contributed by atoms with Gasteiger partial charge in [0.15, 0.2) is 0 Å². The second-order valence-corrected chi connectivity index (χ2v) is 9.22. The van der Waals surface area contributed by atoms with Crippen molar-refractivity contribution in [3.8, 4) is 11.1 Å². The summed E-state index contributed by atoms with van der Waals surface area (Å²) in [6, 6.07) is 23.3. The maximum Gasteiger partial charge on any atom is 0.335 e. The molecule has 2 N–H and O–H groups in total. The van der Waals surface area contributed by atoms with E-state index < -0.39 is 5.97 Å². The van der Waals surface area contributed by atoms with Crippen molar-refractivity contribution in [3.63, 3.8) is 0 Å². The molecule has 2 atom stereocenters. The Morgan fingerprint density at radius 3 is 2.23 bits per heavy atom. The molecule has 0 spiro atoms. The van der Waals surface area contributed by atoms with Crippen molar-refractivity contribution in [3.05, 3.63) is 95.1 Å². The first-order chi connectivity index (χ1) is 16.9. The van der Waals surface area contributed by atoms with E-state index in [1.54, 1.807) is 24.1 Å². The Morgan fingerprint density at radius 1 is 1.03 bits per heavy atom. The zero-order valence-electron chi connectivity index (χ0n) is 20.0. The molecule has 0 aromatic heterocycles. The lowest BCUT2D eigenvalue weighted by Crippen LogP contribution is -2.40. The average molecular weight is 471 g/mol. The van der Waals surface area contributed by atoms with E-state index in [0.29, 0.717) is 31.5 Å². The van der Waals surface area contributed by atoms with Crippen LogP contribution in [-0.2, 0) is 4.79 Å². The van der Waals surface area contributed by atoms with E-state index in [-0.39, 0.29) is 23.3 Å². The first-order valence-electron chi connectivity index (χ1n) is 11.8. The summed E-state index contributed by atoms with van der Waals surface area (Å²) < 4.78 is 0. The zero-order chi connectivity index (χ0) is 24.9. The molecule has 6 nitrogen and oxygen atoms in total. The summed E-state index contributed by atoms with van der Waals surface area (Å²) in [6.45, 7) is 2.65. The Balaban J connectivity index is 1.64. The summed E-state index contributed by atoms with van der Waals surface area (Å²) in [5, 5.41) is 22.8. The molecule has 0 aliphatic carbocycles. The molecule has 1 aliphatic heterocycles. The van der Waals surface area contributed by atoms with Gasteiger partial charge in [-0.2, -0.15) is 0 Å². The van der Waals surface area contributed by atoms with Crippen LogP contribution in [0.1, 0.15) is 52.2 Å². The van der Waals surface area contributed by atoms with Gasteiger partial charge in [-0.3, -0.25) is 4.79 Å². The van der Waals surface area contributed by atoms with E-state index in [4.69, 9.17) is 5.11 Å². The summed E-state index contributed by atoms with van der Waals surface area (Å²) >= 11 is 0. The van der Waals surface area contributed by atoms with Crippen LogP contribution in [-0.4, -0.2) is 46.4 Å². The van der Waals surface area contributed by atoms with E-state index in [1.807, 2.05) is 36.4 Å². The Labute approximate surface area is 205 Å². The lowest BCUT2D eigenvalue weighted by atomic mass is 9.80. The third-order valence-electron chi connectivity index (χ3n) is 6.98. The molecular weight excluding hydrogens is 440 g/mol. The summed E-state index contributed by atoms with van der Waals surface area (Å²) in [6.07, 6.45) is 1.71. The van der Waals surface area contributed by atoms with Crippen molar-refractivity contribution in [2.75, 3.05) is 13.6 Å². The quantitative estimate of drug-likeness (QED) is 0.268. The minimum atomic E-state index is -0.942. The van der Waals surface area contributed by atoms with Gasteiger partial charge < -0.3 is 15.2 Å². The van der Waals surface area contributed by atoms with Crippen LogP contribution in [0.2, 0.25) is 0 Å². The van der Waals surface area contributed by atoms with Crippen LogP contribution in [0.4, 0.5) is 0 Å². The number of rotatable bonds is 7. The van der Waals surface area contributed by atoms with Crippen LogP contribution in [0.25, 0.3) is 11.1 Å². The maximum absolute atomic E-state index is 12.0. The lowest BCUT2D eigenvalue weighted by molar-refractivity contribution is -0.132. The Morgan fingerprint density at radius 2 is 1.66 bits per heavy atom. The number of carboxylic acids is 1. The third kappa shape index (κ3) is 5.43. The van der Waals surface area contributed by atoms with E-state index in [1.165, 1.54) is 11.1 Å². The number of amides is 1. The van der Waals surface area contributed by atoms with Gasteiger partial charge in [0.05, 0.1) is 11.3 Å². The number of piperidine rings is 1. The fraction of sp³-hybridized carbons (Fsp3) is 0.276. The van der Waals surface area contributed by atoms with Gasteiger partial charge in [0.2, 0.25) is 5.91 Å². The molecule has 6 heteroatoms. The second-order valence-electron chi connectivity index (χ2n) is 9.22. The molecule has 35 heavy (non-hydrogen) atoms. The van der Waals surface area contributed by atoms with E-state index in [2.05, 4.69) is 36.3 Å². The molecule has 1 amide bonds. The molecule has 4 rings (SSSR count). The monoisotopic (exact) mass is 470 g/mol. The first-order valence-corrected chi connectivity index (χ1v) is 11.8. The maximum atomic E-state index is 12.0. The van der Waals surface area contributed by atoms with Crippen molar-refractivity contribution >= 4 is 17.6 Å². The average Bonchev–Trinajstić information content (AvgIpc) is 2.87. The van der Waals surface area contributed by atoms with Gasteiger partial charge in [0.1, 0.15) is 0 Å². The highest BCUT2D eigenvalue weighted by Crippen LogP contribution is 2.34. The van der Waals surface area contributed by atoms with Crippen LogP contribution in [0.15, 0.2) is 78.0 Å². The smallest absolute Gasteiger partial charge is 0.335 e. The number of nitrogens with zero attached hydrogens (tertiary/aromatic N) is 2. The zero-order valence-corrected chi connectivity index (χ0v) is 20.0. The van der Waals surface area contributed by atoms with Crippen LogP contribution < -0.4 is 0 Å². The molecule has 0 radical (unpaired) electrons. The van der Waals surface area contributed by atoms with Gasteiger partial charge in [-0.1, -0.05) is 65.8 Å². The fourth-order valence-electron chi connectivity index (χ4n) is 4.88. The van der Waals surface area contributed by atoms with Crippen molar-refractivity contribution in [2.24, 2.45) is 11.1 Å². The molecule has 0 saturated carbocycles. The molecule has 1 saturated heterocycles. The Kier molecular flexibility index (Phi) is 7.30. The summed E-state index contributed by atoms with van der Waals surface area (Å²) in [5.41, 5.74) is 6.36. The number of hydrogen-bond acceptors (Lipinski definition) is 4. The minimum absolute atomic E-state index is 0.00605. The van der Waals surface area contributed by atoms with Crippen molar-refractivity contribution in [1.82, 2.24) is 4.90 Å². The van der Waals surface area contributed by atoms with E-state index in [9.17, 15) is 14.8 Å². The highest BCUT2D eigenvalue weighted by Gasteiger charge is 2.30. The van der Waals surface area contributed by atoms with Gasteiger partial charge in [-0.25, -0.2) is 4.79 Å². The van der Waals surface area contributed by atoms with Crippen LogP contribution >= 0.6 is 0 Å². The fourth-order valence-corrected chi connectivity index (χ4v) is 4.88. The third-order valence-corrected chi connectivity index (χ3v) is 6.98. The molecule has 180 valence electrons. The number of carboxylic acid groups (broad SMARTS) is 1. The van der Waals surface area contributed by atoms with E-state index >= 15 is 0 Å². The number of carbonyl (C=O) groups is 2. The lowest BCUT2D eigenvalue weighted by Gasteiger charge is -2.31. The normalized spacial score (nSPS) is 17.3. The summed E-state index contributed by atoms with van der Waals surface area (Å²) in [4.78, 5) is 24.8. The molecule has 1 heterocycles. The molecule has 1 unspecified atom stereocenters. The highest BCUT2D eigenvalue weighted by atomic mass is 16.4. The first kappa shape index (κ1) is 24.2.